The first-order valence-corrected chi connectivity index (χ1v) is 7.16. The van der Waals surface area contributed by atoms with Crippen LogP contribution in [-0.4, -0.2) is 21.8 Å². The van der Waals surface area contributed by atoms with E-state index in [0.29, 0.717) is 0 Å². The van der Waals surface area contributed by atoms with Crippen molar-refractivity contribution in [1.29, 1.82) is 0 Å². The molecule has 2 aromatic heterocycles. The van der Waals surface area contributed by atoms with Crippen LogP contribution in [0.3, 0.4) is 0 Å². The standard InChI is InChI=1S/C16H24N4/c1-7-14-12(4)19-20(13(14)5)16-15(9-17-6)10(2)8-11(3)18-16/h8,17H,7,9H2,1-6H3. The zero-order valence-corrected chi connectivity index (χ0v) is 13.3. The van der Waals surface area contributed by atoms with E-state index in [4.69, 9.17) is 10.1 Å². The molecule has 0 radical (unpaired) electrons. The summed E-state index contributed by atoms with van der Waals surface area (Å²) in [5.41, 5.74) is 7.12. The predicted molar refractivity (Wildman–Crippen MR) is 82.4 cm³/mol. The van der Waals surface area contributed by atoms with Crippen molar-refractivity contribution >= 4 is 0 Å². The molecule has 0 spiro atoms. The molecule has 20 heavy (non-hydrogen) atoms. The Morgan fingerprint density at radius 3 is 2.40 bits per heavy atom. The lowest BCUT2D eigenvalue weighted by molar-refractivity contribution is 0.746. The van der Waals surface area contributed by atoms with Crippen LogP contribution >= 0.6 is 0 Å². The lowest BCUT2D eigenvalue weighted by Crippen LogP contribution is -2.14. The summed E-state index contributed by atoms with van der Waals surface area (Å²) >= 11 is 0. The van der Waals surface area contributed by atoms with Gasteiger partial charge in [0.2, 0.25) is 0 Å². The van der Waals surface area contributed by atoms with Gasteiger partial charge in [0.05, 0.1) is 5.69 Å². The second-order valence-corrected chi connectivity index (χ2v) is 5.33. The fourth-order valence-electron chi connectivity index (χ4n) is 2.81. The molecule has 2 rings (SSSR count). The van der Waals surface area contributed by atoms with E-state index >= 15 is 0 Å². The lowest BCUT2D eigenvalue weighted by atomic mass is 10.1. The minimum Gasteiger partial charge on any atom is -0.316 e. The fourth-order valence-corrected chi connectivity index (χ4v) is 2.81. The highest BCUT2D eigenvalue weighted by Gasteiger charge is 2.16. The van der Waals surface area contributed by atoms with Gasteiger partial charge in [-0.2, -0.15) is 5.10 Å². The summed E-state index contributed by atoms with van der Waals surface area (Å²) in [4.78, 5) is 4.73. The van der Waals surface area contributed by atoms with Gasteiger partial charge in [-0.1, -0.05) is 6.92 Å². The van der Waals surface area contributed by atoms with E-state index in [1.807, 2.05) is 18.7 Å². The maximum absolute atomic E-state index is 4.73. The van der Waals surface area contributed by atoms with Gasteiger partial charge >= 0.3 is 0 Å². The van der Waals surface area contributed by atoms with Crippen LogP contribution in [0.1, 0.15) is 40.7 Å². The predicted octanol–water partition coefficient (Wildman–Crippen LogP) is 2.78. The average Bonchev–Trinajstić information content (AvgIpc) is 2.67. The molecule has 1 N–H and O–H groups in total. The van der Waals surface area contributed by atoms with Crippen LogP contribution in [0.15, 0.2) is 6.07 Å². The number of pyridine rings is 1. The number of nitrogens with one attached hydrogen (secondary N) is 1. The summed E-state index contributed by atoms with van der Waals surface area (Å²) < 4.78 is 2.00. The second kappa shape index (κ2) is 5.75. The van der Waals surface area contributed by atoms with E-state index in [2.05, 4.69) is 39.1 Å². The van der Waals surface area contributed by atoms with Crippen LogP contribution in [0.4, 0.5) is 0 Å². The molecule has 0 aliphatic rings. The van der Waals surface area contributed by atoms with Crippen molar-refractivity contribution in [3.8, 4) is 5.82 Å². The molecule has 0 saturated carbocycles. The number of hydrogen-bond donors (Lipinski definition) is 1. The molecule has 0 bridgehead atoms. The van der Waals surface area contributed by atoms with Crippen LogP contribution in [0.25, 0.3) is 5.82 Å². The first-order valence-electron chi connectivity index (χ1n) is 7.16. The summed E-state index contributed by atoms with van der Waals surface area (Å²) in [6, 6.07) is 2.13. The topological polar surface area (TPSA) is 42.7 Å². The van der Waals surface area contributed by atoms with E-state index in [1.54, 1.807) is 0 Å². The van der Waals surface area contributed by atoms with Crippen molar-refractivity contribution in [1.82, 2.24) is 20.1 Å². The Kier molecular flexibility index (Phi) is 4.23. The van der Waals surface area contributed by atoms with E-state index in [9.17, 15) is 0 Å². The maximum Gasteiger partial charge on any atom is 0.158 e. The minimum absolute atomic E-state index is 0.800. The summed E-state index contributed by atoms with van der Waals surface area (Å²) in [7, 11) is 1.96. The maximum atomic E-state index is 4.73. The Morgan fingerprint density at radius 2 is 1.85 bits per heavy atom. The SMILES string of the molecule is CCc1c(C)nn(-c2nc(C)cc(C)c2CNC)c1C. The first kappa shape index (κ1) is 14.7. The van der Waals surface area contributed by atoms with Gasteiger partial charge in [0.1, 0.15) is 0 Å². The molecule has 0 unspecified atom stereocenters. The third kappa shape index (κ3) is 2.48. The van der Waals surface area contributed by atoms with Crippen LogP contribution in [-0.2, 0) is 13.0 Å². The van der Waals surface area contributed by atoms with Gasteiger partial charge < -0.3 is 5.32 Å². The number of aromatic nitrogens is 3. The summed E-state index contributed by atoms with van der Waals surface area (Å²) in [6.07, 6.45) is 1.00. The molecule has 0 aliphatic heterocycles. The smallest absolute Gasteiger partial charge is 0.158 e. The van der Waals surface area contributed by atoms with Gasteiger partial charge in [-0.05, 0) is 58.4 Å². The third-order valence-corrected chi connectivity index (χ3v) is 3.80. The average molecular weight is 272 g/mol. The molecule has 2 heterocycles. The van der Waals surface area contributed by atoms with Crippen LogP contribution in [0.2, 0.25) is 0 Å². The van der Waals surface area contributed by atoms with Crippen LogP contribution in [0, 0.1) is 27.7 Å². The summed E-state index contributed by atoms with van der Waals surface area (Å²) in [5.74, 6) is 0.956. The van der Waals surface area contributed by atoms with Crippen molar-refractivity contribution in [2.24, 2.45) is 0 Å². The molecule has 0 amide bonds. The molecular formula is C16H24N4. The van der Waals surface area contributed by atoms with Gasteiger partial charge in [0, 0.05) is 23.5 Å². The number of rotatable bonds is 4. The normalized spacial score (nSPS) is 11.1. The highest BCUT2D eigenvalue weighted by Crippen LogP contribution is 2.22. The molecular weight excluding hydrogens is 248 g/mol. The van der Waals surface area contributed by atoms with Gasteiger partial charge in [-0.3, -0.25) is 0 Å². The molecule has 0 aromatic carbocycles. The molecule has 108 valence electrons. The zero-order valence-electron chi connectivity index (χ0n) is 13.3. The van der Waals surface area contributed by atoms with E-state index in [0.717, 1.165) is 30.2 Å². The third-order valence-electron chi connectivity index (χ3n) is 3.80. The second-order valence-electron chi connectivity index (χ2n) is 5.33. The Balaban J connectivity index is 2.68. The van der Waals surface area contributed by atoms with Crippen molar-refractivity contribution in [3.63, 3.8) is 0 Å². The Labute approximate surface area is 121 Å². The molecule has 0 aliphatic carbocycles. The molecule has 0 fully saturated rings. The molecule has 4 heteroatoms. The molecule has 4 nitrogen and oxygen atoms in total. The van der Waals surface area contributed by atoms with E-state index < -0.39 is 0 Å². The van der Waals surface area contributed by atoms with Crippen molar-refractivity contribution < 1.29 is 0 Å². The fraction of sp³-hybridized carbons (Fsp3) is 0.500. The first-order chi connectivity index (χ1) is 9.49. The number of nitrogens with zero attached hydrogens (tertiary/aromatic N) is 3. The van der Waals surface area contributed by atoms with Crippen LogP contribution in [0.5, 0.6) is 0 Å². The van der Waals surface area contributed by atoms with Gasteiger partial charge in [0.25, 0.3) is 0 Å². The quantitative estimate of drug-likeness (QED) is 0.930. The van der Waals surface area contributed by atoms with Crippen molar-refractivity contribution in [2.75, 3.05) is 7.05 Å². The highest BCUT2D eigenvalue weighted by atomic mass is 15.3. The number of hydrogen-bond acceptors (Lipinski definition) is 3. The summed E-state index contributed by atoms with van der Waals surface area (Å²) in [5, 5.41) is 7.93. The lowest BCUT2D eigenvalue weighted by Gasteiger charge is -2.14. The van der Waals surface area contributed by atoms with Crippen molar-refractivity contribution in [3.05, 3.63) is 39.8 Å². The Hall–Kier alpha value is -1.68. The van der Waals surface area contributed by atoms with E-state index in [1.165, 1.54) is 22.4 Å². The monoisotopic (exact) mass is 272 g/mol. The molecule has 0 saturated heterocycles. The summed E-state index contributed by atoms with van der Waals surface area (Å²) in [6.45, 7) is 11.3. The zero-order chi connectivity index (χ0) is 14.9. The molecule has 0 atom stereocenters. The van der Waals surface area contributed by atoms with E-state index in [-0.39, 0.29) is 0 Å². The van der Waals surface area contributed by atoms with Gasteiger partial charge in [-0.15, -0.1) is 0 Å². The Morgan fingerprint density at radius 1 is 1.15 bits per heavy atom. The van der Waals surface area contributed by atoms with Gasteiger partial charge in [-0.25, -0.2) is 9.67 Å². The minimum atomic E-state index is 0.800. The largest absolute Gasteiger partial charge is 0.316 e. The van der Waals surface area contributed by atoms with Gasteiger partial charge in [0.15, 0.2) is 5.82 Å². The Bertz CT molecular complexity index is 626. The molecule has 2 aromatic rings. The number of aryl methyl sites for hydroxylation is 3. The van der Waals surface area contributed by atoms with Crippen molar-refractivity contribution in [2.45, 2.75) is 47.6 Å². The highest BCUT2D eigenvalue weighted by molar-refractivity contribution is 5.43. The van der Waals surface area contributed by atoms with Crippen LogP contribution < -0.4 is 5.32 Å².